The normalized spacial score (nSPS) is 14.4. The quantitative estimate of drug-likeness (QED) is 0.347. The van der Waals surface area contributed by atoms with Crippen LogP contribution in [0.1, 0.15) is 24.5 Å². The molecule has 1 N–H and O–H groups in total. The van der Waals surface area contributed by atoms with E-state index in [-0.39, 0.29) is 12.1 Å². The van der Waals surface area contributed by atoms with Gasteiger partial charge in [-0.25, -0.2) is 18.4 Å². The monoisotopic (exact) mass is 450 g/mol. The fraction of sp³-hybridized carbons (Fsp3) is 0.381. The molecule has 0 spiro atoms. The van der Waals surface area contributed by atoms with Crippen LogP contribution in [0.3, 0.4) is 0 Å². The second-order valence-electron chi connectivity index (χ2n) is 6.94. The van der Waals surface area contributed by atoms with E-state index in [1.54, 1.807) is 24.2 Å². The van der Waals surface area contributed by atoms with E-state index in [1.807, 2.05) is 19.1 Å². The minimum Gasteiger partial charge on any atom is -0.382 e. The second-order valence-corrected chi connectivity index (χ2v) is 9.74. The molecule has 2 heterocycles. The van der Waals surface area contributed by atoms with Crippen LogP contribution in [0.4, 0.5) is 8.78 Å². The maximum atomic E-state index is 14.5. The number of pyridine rings is 1. The Bertz CT molecular complexity index is 915. The molecule has 0 unspecified atom stereocenters. The summed E-state index contributed by atoms with van der Waals surface area (Å²) in [5, 5.41) is 15.8. The molecule has 0 saturated carbocycles. The van der Waals surface area contributed by atoms with Gasteiger partial charge in [0.1, 0.15) is 29.9 Å². The number of hydrogen-bond donors (Lipinski definition) is 1. The maximum absolute atomic E-state index is 14.5. The Kier molecular flexibility index (Phi) is 8.24. The Labute approximate surface area is 183 Å². The van der Waals surface area contributed by atoms with E-state index >= 15 is 0 Å². The second kappa shape index (κ2) is 10.9. The smallest absolute Gasteiger partial charge is 0.137 e. The van der Waals surface area contributed by atoms with Crippen LogP contribution in [0, 0.1) is 11.6 Å². The van der Waals surface area contributed by atoms with Crippen molar-refractivity contribution in [2.45, 2.75) is 37.2 Å². The van der Waals surface area contributed by atoms with Crippen molar-refractivity contribution in [1.29, 1.82) is 0 Å². The van der Waals surface area contributed by atoms with Crippen LogP contribution in [0.15, 0.2) is 55.4 Å². The Hall–Kier alpha value is -1.97. The van der Waals surface area contributed by atoms with Crippen LogP contribution < -0.4 is 0 Å². The summed E-state index contributed by atoms with van der Waals surface area (Å²) >= 11 is 3.27. The fourth-order valence-electron chi connectivity index (χ4n) is 3.10. The van der Waals surface area contributed by atoms with Gasteiger partial charge in [0.05, 0.1) is 6.54 Å². The minimum absolute atomic E-state index is 0.0196. The van der Waals surface area contributed by atoms with Crippen molar-refractivity contribution in [3.05, 3.63) is 78.1 Å². The average molecular weight is 451 g/mol. The topological polar surface area (TPSA) is 63.8 Å². The van der Waals surface area contributed by atoms with Crippen LogP contribution in [0.2, 0.25) is 0 Å². The highest BCUT2D eigenvalue weighted by Crippen LogP contribution is 2.37. The number of aliphatic hydroxyl groups is 1. The fourth-order valence-corrected chi connectivity index (χ4v) is 5.60. The summed E-state index contributed by atoms with van der Waals surface area (Å²) in [6.45, 7) is 1.80. The largest absolute Gasteiger partial charge is 0.382 e. The lowest BCUT2D eigenvalue weighted by atomic mass is 9.90. The summed E-state index contributed by atoms with van der Waals surface area (Å²) in [7, 11) is 0. The molecule has 1 aromatic carbocycles. The summed E-state index contributed by atoms with van der Waals surface area (Å²) < 4.78 is 29.8. The van der Waals surface area contributed by atoms with Gasteiger partial charge in [-0.2, -0.15) is 16.9 Å². The number of thioether (sulfide) groups is 2. The average Bonchev–Trinajstić information content (AvgIpc) is 3.25. The zero-order valence-corrected chi connectivity index (χ0v) is 18.3. The van der Waals surface area contributed by atoms with Gasteiger partial charge in [-0.1, -0.05) is 6.92 Å². The van der Waals surface area contributed by atoms with Gasteiger partial charge in [-0.05, 0) is 54.5 Å². The number of aromatic nitrogens is 4. The minimum atomic E-state index is -1.64. The van der Waals surface area contributed by atoms with Gasteiger partial charge in [0.25, 0.3) is 0 Å². The highest BCUT2D eigenvalue weighted by atomic mass is 32.2. The number of rotatable bonds is 11. The number of aryl methyl sites for hydroxylation is 1. The van der Waals surface area contributed by atoms with Crippen LogP contribution in [-0.4, -0.2) is 40.9 Å². The molecular formula is C21H24F2N4OS2. The summed E-state index contributed by atoms with van der Waals surface area (Å²) in [5.41, 5.74) is -0.446. The van der Waals surface area contributed by atoms with Crippen LogP contribution in [0.25, 0.3) is 0 Å². The highest BCUT2D eigenvalue weighted by Gasteiger charge is 2.39. The standard InChI is InChI=1S/C21H24F2N4OS2/c1-16(30-15-29-10-2-3-17-6-8-24-9-7-17)21(28,12-27-14-25-13-26-27)19-11-18(22)4-5-20(19)23/h4-9,11,13-14,16,28H,2-3,10,12,15H2,1H3/t16-,21-/m1/s1. The Morgan fingerprint density at radius 1 is 1.17 bits per heavy atom. The van der Waals surface area contributed by atoms with Gasteiger partial charge >= 0.3 is 0 Å². The van der Waals surface area contributed by atoms with E-state index in [2.05, 4.69) is 15.1 Å². The number of benzene rings is 1. The molecule has 9 heteroatoms. The Morgan fingerprint density at radius 3 is 2.70 bits per heavy atom. The van der Waals surface area contributed by atoms with Crippen molar-refractivity contribution >= 4 is 23.5 Å². The third-order valence-electron chi connectivity index (χ3n) is 4.84. The first-order valence-electron chi connectivity index (χ1n) is 9.57. The van der Waals surface area contributed by atoms with E-state index in [4.69, 9.17) is 0 Å². The van der Waals surface area contributed by atoms with Crippen molar-refractivity contribution in [1.82, 2.24) is 19.7 Å². The lowest BCUT2D eigenvalue weighted by Gasteiger charge is -2.34. The van der Waals surface area contributed by atoms with E-state index in [9.17, 15) is 13.9 Å². The molecule has 0 fully saturated rings. The summed E-state index contributed by atoms with van der Waals surface area (Å²) in [6.07, 6.45) is 8.40. The van der Waals surface area contributed by atoms with Gasteiger partial charge in [0.2, 0.25) is 0 Å². The summed E-state index contributed by atoms with van der Waals surface area (Å²) in [6, 6.07) is 7.18. The van der Waals surface area contributed by atoms with Crippen molar-refractivity contribution in [2.24, 2.45) is 0 Å². The van der Waals surface area contributed by atoms with Crippen molar-refractivity contribution in [2.75, 3.05) is 10.8 Å². The van der Waals surface area contributed by atoms with Crippen molar-refractivity contribution in [3.8, 4) is 0 Å². The van der Waals surface area contributed by atoms with Gasteiger partial charge < -0.3 is 5.11 Å². The lowest BCUT2D eigenvalue weighted by Crippen LogP contribution is -2.41. The zero-order chi connectivity index (χ0) is 21.4. The summed E-state index contributed by atoms with van der Waals surface area (Å²) in [4.78, 5) is 7.89. The molecule has 0 aliphatic carbocycles. The van der Waals surface area contributed by atoms with Crippen LogP contribution in [-0.2, 0) is 18.6 Å². The molecule has 5 nitrogen and oxygen atoms in total. The molecule has 3 aromatic rings. The van der Waals surface area contributed by atoms with E-state index in [0.29, 0.717) is 0 Å². The molecule has 2 atom stereocenters. The molecule has 0 aliphatic rings. The van der Waals surface area contributed by atoms with Gasteiger partial charge in [0, 0.05) is 28.3 Å². The highest BCUT2D eigenvalue weighted by molar-refractivity contribution is 8.16. The molecule has 0 radical (unpaired) electrons. The zero-order valence-electron chi connectivity index (χ0n) is 16.6. The Morgan fingerprint density at radius 2 is 1.97 bits per heavy atom. The molecule has 160 valence electrons. The molecule has 0 amide bonds. The third kappa shape index (κ3) is 6.02. The first-order chi connectivity index (χ1) is 14.5. The predicted molar refractivity (Wildman–Crippen MR) is 117 cm³/mol. The molecule has 30 heavy (non-hydrogen) atoms. The molecule has 0 bridgehead atoms. The first kappa shape index (κ1) is 22.7. The Balaban J connectivity index is 1.59. The van der Waals surface area contributed by atoms with E-state index < -0.39 is 22.5 Å². The lowest BCUT2D eigenvalue weighted by molar-refractivity contribution is 0.0132. The van der Waals surface area contributed by atoms with Crippen LogP contribution >= 0.6 is 23.5 Å². The number of hydrogen-bond acceptors (Lipinski definition) is 6. The summed E-state index contributed by atoms with van der Waals surface area (Å²) in [5.74, 6) is -0.264. The predicted octanol–water partition coefficient (Wildman–Crippen LogP) is 4.28. The van der Waals surface area contributed by atoms with Crippen molar-refractivity contribution < 1.29 is 13.9 Å². The number of nitrogens with zero attached hydrogens (tertiary/aromatic N) is 4. The van der Waals surface area contributed by atoms with Gasteiger partial charge in [-0.3, -0.25) is 4.98 Å². The van der Waals surface area contributed by atoms with Gasteiger partial charge in [0.15, 0.2) is 0 Å². The van der Waals surface area contributed by atoms with Crippen molar-refractivity contribution in [3.63, 3.8) is 0 Å². The first-order valence-corrected chi connectivity index (χ1v) is 11.8. The maximum Gasteiger partial charge on any atom is 0.137 e. The molecule has 0 saturated heterocycles. The SMILES string of the molecule is C[C@@H](SCSCCCc1ccncc1)[C@](O)(Cn1cncn1)c1cc(F)ccc1F. The van der Waals surface area contributed by atoms with Crippen LogP contribution in [0.5, 0.6) is 0 Å². The van der Waals surface area contributed by atoms with E-state index in [0.717, 1.165) is 41.9 Å². The molecular weight excluding hydrogens is 426 g/mol. The molecule has 2 aromatic heterocycles. The van der Waals surface area contributed by atoms with E-state index in [1.165, 1.54) is 34.7 Å². The van der Waals surface area contributed by atoms with Gasteiger partial charge in [-0.15, -0.1) is 11.8 Å². The molecule has 0 aliphatic heterocycles. The number of halogens is 2. The molecule has 3 rings (SSSR count). The third-order valence-corrected chi connectivity index (χ3v) is 7.52.